The van der Waals surface area contributed by atoms with Crippen LogP contribution in [-0.2, 0) is 0 Å². The Hall–Kier alpha value is -2.22. The average Bonchev–Trinajstić information content (AvgIpc) is 2.45. The predicted molar refractivity (Wildman–Crippen MR) is 80.2 cm³/mol. The third-order valence-electron chi connectivity index (χ3n) is 3.39. The lowest BCUT2D eigenvalue weighted by Crippen LogP contribution is -2.21. The van der Waals surface area contributed by atoms with E-state index >= 15 is 0 Å². The Balaban J connectivity index is 2.25. The summed E-state index contributed by atoms with van der Waals surface area (Å²) in [5.74, 6) is -0.904. The molecule has 0 unspecified atom stereocenters. The Morgan fingerprint density at radius 1 is 0.800 bits per heavy atom. The number of carbonyl (C=O) groups is 2. The van der Waals surface area contributed by atoms with Gasteiger partial charge in [0.05, 0.1) is 5.92 Å². The van der Waals surface area contributed by atoms with E-state index in [-0.39, 0.29) is 11.6 Å². The molecule has 0 spiro atoms. The summed E-state index contributed by atoms with van der Waals surface area (Å²) in [4.78, 5) is 24.8. The summed E-state index contributed by atoms with van der Waals surface area (Å²) in [7, 11) is 0. The van der Waals surface area contributed by atoms with Crippen molar-refractivity contribution in [1.29, 1.82) is 0 Å². The third-order valence-corrected chi connectivity index (χ3v) is 3.39. The van der Waals surface area contributed by atoms with Gasteiger partial charge in [0.2, 0.25) is 0 Å². The smallest absolute Gasteiger partial charge is 0.173 e. The summed E-state index contributed by atoms with van der Waals surface area (Å²) in [5, 5.41) is 0. The van der Waals surface area contributed by atoms with Gasteiger partial charge < -0.3 is 0 Å². The maximum atomic E-state index is 12.4. The molecule has 2 heteroatoms. The van der Waals surface area contributed by atoms with Gasteiger partial charge in [-0.2, -0.15) is 0 Å². The van der Waals surface area contributed by atoms with Gasteiger partial charge in [-0.05, 0) is 32.9 Å². The van der Waals surface area contributed by atoms with E-state index in [9.17, 15) is 9.59 Å². The van der Waals surface area contributed by atoms with Crippen LogP contribution < -0.4 is 0 Å². The van der Waals surface area contributed by atoms with Crippen LogP contribution in [0.15, 0.2) is 48.5 Å². The molecule has 0 atom stereocenters. The van der Waals surface area contributed by atoms with Crippen LogP contribution >= 0.6 is 0 Å². The van der Waals surface area contributed by atoms with Gasteiger partial charge in [0, 0.05) is 11.1 Å². The molecule has 2 aromatic carbocycles. The Morgan fingerprint density at radius 3 is 1.55 bits per heavy atom. The van der Waals surface area contributed by atoms with Crippen LogP contribution in [0.2, 0.25) is 0 Å². The first-order valence-electron chi connectivity index (χ1n) is 6.71. The van der Waals surface area contributed by atoms with Crippen molar-refractivity contribution < 1.29 is 9.59 Å². The SMILES string of the molecule is Cc1cccc(C(=O)C(C)C(=O)c2cccc(C)c2)c1. The predicted octanol–water partition coefficient (Wildman–Crippen LogP) is 4.01. The van der Waals surface area contributed by atoms with Gasteiger partial charge in [-0.3, -0.25) is 9.59 Å². The minimum atomic E-state index is -0.654. The zero-order valence-corrected chi connectivity index (χ0v) is 12.0. The number of Topliss-reactive ketones (excluding diaryl/α,β-unsaturated/α-hetero) is 2. The molecule has 0 bridgehead atoms. The molecule has 0 aliphatic rings. The van der Waals surface area contributed by atoms with Crippen LogP contribution in [-0.4, -0.2) is 11.6 Å². The van der Waals surface area contributed by atoms with Crippen LogP contribution in [0.1, 0.15) is 38.8 Å². The van der Waals surface area contributed by atoms with Crippen molar-refractivity contribution in [2.45, 2.75) is 20.8 Å². The Labute approximate surface area is 119 Å². The lowest BCUT2D eigenvalue weighted by atomic mass is 9.90. The van der Waals surface area contributed by atoms with Crippen molar-refractivity contribution >= 4 is 11.6 Å². The molecule has 0 N–H and O–H groups in total. The first-order valence-corrected chi connectivity index (χ1v) is 6.71. The minimum absolute atomic E-state index is 0.125. The van der Waals surface area contributed by atoms with Crippen molar-refractivity contribution in [1.82, 2.24) is 0 Å². The number of benzene rings is 2. The van der Waals surface area contributed by atoms with E-state index in [0.29, 0.717) is 11.1 Å². The maximum Gasteiger partial charge on any atom is 0.173 e. The molecule has 0 heterocycles. The van der Waals surface area contributed by atoms with Crippen LogP contribution in [0, 0.1) is 19.8 Å². The highest BCUT2D eigenvalue weighted by Crippen LogP contribution is 2.16. The molecule has 0 aliphatic carbocycles. The summed E-state index contributed by atoms with van der Waals surface area (Å²) in [5.41, 5.74) is 3.23. The van der Waals surface area contributed by atoms with E-state index in [1.807, 2.05) is 50.2 Å². The van der Waals surface area contributed by atoms with Gasteiger partial charge in [-0.15, -0.1) is 0 Å². The van der Waals surface area contributed by atoms with Gasteiger partial charge in [-0.25, -0.2) is 0 Å². The third kappa shape index (κ3) is 3.02. The summed E-state index contributed by atoms with van der Waals surface area (Å²) >= 11 is 0. The molecule has 102 valence electrons. The van der Waals surface area contributed by atoms with Gasteiger partial charge in [0.1, 0.15) is 0 Å². The van der Waals surface area contributed by atoms with E-state index in [1.54, 1.807) is 19.1 Å². The highest BCUT2D eigenvalue weighted by atomic mass is 16.1. The van der Waals surface area contributed by atoms with Crippen molar-refractivity contribution in [3.63, 3.8) is 0 Å². The van der Waals surface area contributed by atoms with Crippen molar-refractivity contribution in [2.24, 2.45) is 5.92 Å². The molecule has 0 amide bonds. The number of hydrogen-bond donors (Lipinski definition) is 0. The molecule has 0 fully saturated rings. The summed E-state index contributed by atoms with van der Waals surface area (Å²) in [6, 6.07) is 14.7. The topological polar surface area (TPSA) is 34.1 Å². The Morgan fingerprint density at radius 2 is 1.20 bits per heavy atom. The molecule has 2 rings (SSSR count). The highest BCUT2D eigenvalue weighted by Gasteiger charge is 2.23. The zero-order valence-electron chi connectivity index (χ0n) is 12.0. The van der Waals surface area contributed by atoms with Crippen molar-refractivity contribution in [3.8, 4) is 0 Å². The molecule has 0 saturated heterocycles. The molecular weight excluding hydrogens is 248 g/mol. The molecule has 2 aromatic rings. The number of rotatable bonds is 4. The Bertz CT molecular complexity index is 598. The first-order chi connectivity index (χ1) is 9.49. The summed E-state index contributed by atoms with van der Waals surface area (Å²) in [6.07, 6.45) is 0. The fourth-order valence-corrected chi connectivity index (χ4v) is 2.22. The monoisotopic (exact) mass is 266 g/mol. The van der Waals surface area contributed by atoms with E-state index < -0.39 is 5.92 Å². The van der Waals surface area contributed by atoms with E-state index in [0.717, 1.165) is 11.1 Å². The van der Waals surface area contributed by atoms with Crippen LogP contribution in [0.5, 0.6) is 0 Å². The first kappa shape index (κ1) is 14.2. The molecule has 2 nitrogen and oxygen atoms in total. The van der Waals surface area contributed by atoms with Crippen LogP contribution in [0.4, 0.5) is 0 Å². The average molecular weight is 266 g/mol. The molecule has 0 aromatic heterocycles. The molecule has 0 saturated carbocycles. The lowest BCUT2D eigenvalue weighted by molar-refractivity contribution is 0.0820. The standard InChI is InChI=1S/C18H18O2/c1-12-6-4-8-15(10-12)17(19)14(3)18(20)16-9-5-7-13(2)11-16/h4-11,14H,1-3H3. The Kier molecular flexibility index (Phi) is 4.14. The van der Waals surface area contributed by atoms with Gasteiger partial charge in [-0.1, -0.05) is 47.5 Å². The molecular formula is C18H18O2. The molecule has 0 radical (unpaired) electrons. The molecule has 20 heavy (non-hydrogen) atoms. The van der Waals surface area contributed by atoms with E-state index in [4.69, 9.17) is 0 Å². The second kappa shape index (κ2) is 5.83. The fraction of sp³-hybridized carbons (Fsp3) is 0.222. The van der Waals surface area contributed by atoms with Gasteiger partial charge in [0.15, 0.2) is 11.6 Å². The minimum Gasteiger partial charge on any atom is -0.293 e. The van der Waals surface area contributed by atoms with Gasteiger partial charge in [0.25, 0.3) is 0 Å². The van der Waals surface area contributed by atoms with Crippen molar-refractivity contribution in [3.05, 3.63) is 70.8 Å². The summed E-state index contributed by atoms with van der Waals surface area (Å²) in [6.45, 7) is 5.54. The van der Waals surface area contributed by atoms with E-state index in [1.165, 1.54) is 0 Å². The number of carbonyl (C=O) groups excluding carboxylic acids is 2. The largest absolute Gasteiger partial charge is 0.293 e. The molecule has 0 aliphatic heterocycles. The van der Waals surface area contributed by atoms with Crippen molar-refractivity contribution in [2.75, 3.05) is 0 Å². The normalized spacial score (nSPS) is 10.6. The van der Waals surface area contributed by atoms with Gasteiger partial charge >= 0.3 is 0 Å². The number of ketones is 2. The number of hydrogen-bond acceptors (Lipinski definition) is 2. The van der Waals surface area contributed by atoms with Crippen LogP contribution in [0.3, 0.4) is 0 Å². The van der Waals surface area contributed by atoms with E-state index in [2.05, 4.69) is 0 Å². The second-order valence-corrected chi connectivity index (χ2v) is 5.19. The second-order valence-electron chi connectivity index (χ2n) is 5.19. The fourth-order valence-electron chi connectivity index (χ4n) is 2.22. The zero-order chi connectivity index (χ0) is 14.7. The number of aryl methyl sites for hydroxylation is 2. The van der Waals surface area contributed by atoms with Crippen LogP contribution in [0.25, 0.3) is 0 Å². The highest BCUT2D eigenvalue weighted by molar-refractivity contribution is 6.15. The lowest BCUT2D eigenvalue weighted by Gasteiger charge is -2.10. The quantitative estimate of drug-likeness (QED) is 0.619. The summed E-state index contributed by atoms with van der Waals surface area (Å²) < 4.78 is 0. The maximum absolute atomic E-state index is 12.4.